The molecule has 0 aliphatic heterocycles. The number of oxazole rings is 1. The smallest absolute Gasteiger partial charge is 0.273 e. The predicted molar refractivity (Wildman–Crippen MR) is 149 cm³/mol. The third kappa shape index (κ3) is 5.29. The maximum absolute atomic E-state index is 13.9. The molecule has 2 aliphatic carbocycles. The van der Waals surface area contributed by atoms with Gasteiger partial charge in [-0.25, -0.2) is 9.97 Å². The van der Waals surface area contributed by atoms with Crippen LogP contribution in [0, 0.1) is 0 Å². The number of carbonyl (C=O) groups is 1. The lowest BCUT2D eigenvalue weighted by Crippen LogP contribution is -2.29. The molecule has 2 aliphatic rings. The first-order chi connectivity index (χ1) is 18.7. The Labute approximate surface area is 229 Å². The summed E-state index contributed by atoms with van der Waals surface area (Å²) in [6.45, 7) is 0.467. The average molecular weight is 550 g/mol. The van der Waals surface area contributed by atoms with Crippen LogP contribution in [0.15, 0.2) is 45.0 Å². The number of amides is 1. The van der Waals surface area contributed by atoms with E-state index in [-0.39, 0.29) is 23.2 Å². The Balaban J connectivity index is 1.19. The van der Waals surface area contributed by atoms with Crippen LogP contribution < -0.4 is 10.9 Å². The molecular weight excluding hydrogens is 518 g/mol. The summed E-state index contributed by atoms with van der Waals surface area (Å²) in [5.41, 5.74) is 2.52. The zero-order chi connectivity index (χ0) is 25.9. The molecule has 4 aromatic rings. The Hall–Kier alpha value is -2.98. The first-order valence-electron chi connectivity index (χ1n) is 13.5. The van der Waals surface area contributed by atoms with Crippen molar-refractivity contribution in [1.82, 2.24) is 24.8 Å². The van der Waals surface area contributed by atoms with Crippen molar-refractivity contribution in [3.05, 3.63) is 68.7 Å². The Bertz CT molecular complexity index is 1490. The first kappa shape index (κ1) is 25.3. The van der Waals surface area contributed by atoms with E-state index < -0.39 is 0 Å². The lowest BCUT2D eigenvalue weighted by atomic mass is 9.94. The molecule has 0 aromatic carbocycles. The van der Waals surface area contributed by atoms with Crippen molar-refractivity contribution in [2.45, 2.75) is 81.2 Å². The van der Waals surface area contributed by atoms with Gasteiger partial charge in [-0.2, -0.15) is 0 Å². The number of hydrogen-bond donors (Lipinski definition) is 1. The van der Waals surface area contributed by atoms with E-state index in [2.05, 4.69) is 15.3 Å². The molecule has 38 heavy (non-hydrogen) atoms. The van der Waals surface area contributed by atoms with Gasteiger partial charge in [-0.15, -0.1) is 11.3 Å². The molecule has 198 valence electrons. The molecule has 1 fully saturated rings. The number of thioether (sulfide) groups is 1. The largest absolute Gasteiger partial charge is 0.447 e. The molecule has 4 aromatic heterocycles. The fourth-order valence-electron chi connectivity index (χ4n) is 5.51. The van der Waals surface area contributed by atoms with E-state index in [1.54, 1.807) is 17.5 Å². The number of fused-ring (bicyclic) bond motifs is 3. The molecule has 0 saturated heterocycles. The van der Waals surface area contributed by atoms with Gasteiger partial charge in [0.05, 0.1) is 11.1 Å². The molecule has 0 unspecified atom stereocenters. The number of aryl methyl sites for hydroxylation is 2. The maximum Gasteiger partial charge on any atom is 0.273 e. The van der Waals surface area contributed by atoms with Crippen LogP contribution in [0.4, 0.5) is 0 Å². The Morgan fingerprint density at radius 3 is 2.84 bits per heavy atom. The number of hydrogen-bond acceptors (Lipinski definition) is 8. The fourth-order valence-corrected chi connectivity index (χ4v) is 7.73. The van der Waals surface area contributed by atoms with E-state index in [0.717, 1.165) is 66.0 Å². The van der Waals surface area contributed by atoms with Crippen molar-refractivity contribution < 1.29 is 9.21 Å². The van der Waals surface area contributed by atoms with Crippen molar-refractivity contribution in [2.75, 3.05) is 6.54 Å². The van der Waals surface area contributed by atoms with Gasteiger partial charge in [0.1, 0.15) is 11.1 Å². The summed E-state index contributed by atoms with van der Waals surface area (Å²) in [6.07, 6.45) is 13.6. The number of nitrogens with zero attached hydrogens (tertiary/aromatic N) is 4. The van der Waals surface area contributed by atoms with E-state index in [4.69, 9.17) is 9.40 Å². The van der Waals surface area contributed by atoms with E-state index in [1.165, 1.54) is 41.3 Å². The number of rotatable bonds is 8. The first-order valence-corrected chi connectivity index (χ1v) is 15.3. The molecule has 10 heteroatoms. The van der Waals surface area contributed by atoms with Crippen molar-refractivity contribution in [3.8, 4) is 0 Å². The van der Waals surface area contributed by atoms with Crippen LogP contribution >= 0.6 is 23.1 Å². The lowest BCUT2D eigenvalue weighted by Gasteiger charge is -2.26. The van der Waals surface area contributed by atoms with Crippen LogP contribution in [0.2, 0.25) is 0 Å². The predicted octanol–water partition coefficient (Wildman–Crippen LogP) is 5.49. The highest BCUT2D eigenvalue weighted by atomic mass is 32.2. The average Bonchev–Trinajstić information content (AvgIpc) is 3.58. The SMILES string of the molecule is O=C(NCCc1ccccn1)c1coc(CSc2nc3sc4c(c3c(=O)n2C2CCCCC2)CCCC4)n1. The van der Waals surface area contributed by atoms with Crippen LogP contribution in [0.5, 0.6) is 0 Å². The third-order valence-electron chi connectivity index (χ3n) is 7.43. The van der Waals surface area contributed by atoms with Crippen LogP contribution in [0.25, 0.3) is 10.2 Å². The fraction of sp³-hybridized carbons (Fsp3) is 0.464. The van der Waals surface area contributed by atoms with Crippen LogP contribution in [-0.4, -0.2) is 32.0 Å². The summed E-state index contributed by atoms with van der Waals surface area (Å²) < 4.78 is 7.58. The summed E-state index contributed by atoms with van der Waals surface area (Å²) in [4.78, 5) is 42.4. The van der Waals surface area contributed by atoms with Gasteiger partial charge in [0.2, 0.25) is 5.89 Å². The van der Waals surface area contributed by atoms with E-state index in [0.29, 0.717) is 24.6 Å². The van der Waals surface area contributed by atoms with Crippen LogP contribution in [0.3, 0.4) is 0 Å². The van der Waals surface area contributed by atoms with Gasteiger partial charge < -0.3 is 9.73 Å². The van der Waals surface area contributed by atoms with Crippen LogP contribution in [0.1, 0.15) is 83.5 Å². The number of aromatic nitrogens is 4. The van der Waals surface area contributed by atoms with Gasteiger partial charge in [-0.05, 0) is 56.2 Å². The van der Waals surface area contributed by atoms with Gasteiger partial charge in [-0.3, -0.25) is 19.1 Å². The van der Waals surface area contributed by atoms with Gasteiger partial charge >= 0.3 is 0 Å². The van der Waals surface area contributed by atoms with E-state index in [1.807, 2.05) is 22.8 Å². The Morgan fingerprint density at radius 2 is 2.00 bits per heavy atom. The number of nitrogens with one attached hydrogen (secondary N) is 1. The van der Waals surface area contributed by atoms with Crippen molar-refractivity contribution in [2.24, 2.45) is 0 Å². The maximum atomic E-state index is 13.9. The second kappa shape index (κ2) is 11.4. The molecule has 0 radical (unpaired) electrons. The minimum absolute atomic E-state index is 0.115. The molecule has 6 rings (SSSR count). The molecule has 0 bridgehead atoms. The second-order valence-corrected chi connectivity index (χ2v) is 12.0. The molecule has 1 saturated carbocycles. The normalized spacial score (nSPS) is 16.0. The molecule has 0 atom stereocenters. The zero-order valence-corrected chi connectivity index (χ0v) is 22.9. The summed E-state index contributed by atoms with van der Waals surface area (Å²) in [6, 6.07) is 5.91. The van der Waals surface area contributed by atoms with E-state index in [9.17, 15) is 9.59 Å². The van der Waals surface area contributed by atoms with E-state index >= 15 is 0 Å². The third-order valence-corrected chi connectivity index (χ3v) is 9.55. The summed E-state index contributed by atoms with van der Waals surface area (Å²) in [5.74, 6) is 0.570. The summed E-state index contributed by atoms with van der Waals surface area (Å²) >= 11 is 3.16. The summed E-state index contributed by atoms with van der Waals surface area (Å²) in [7, 11) is 0. The van der Waals surface area contributed by atoms with Crippen molar-refractivity contribution in [3.63, 3.8) is 0 Å². The molecule has 4 heterocycles. The number of thiophene rings is 1. The summed E-state index contributed by atoms with van der Waals surface area (Å²) in [5, 5.41) is 4.45. The van der Waals surface area contributed by atoms with Gasteiger partial charge in [0, 0.05) is 35.8 Å². The van der Waals surface area contributed by atoms with Gasteiger partial charge in [0.15, 0.2) is 10.9 Å². The Kier molecular flexibility index (Phi) is 7.60. The molecular formula is C28H31N5O3S2. The zero-order valence-electron chi connectivity index (χ0n) is 21.3. The Morgan fingerprint density at radius 1 is 1.13 bits per heavy atom. The highest BCUT2D eigenvalue weighted by Gasteiger charge is 2.26. The highest BCUT2D eigenvalue weighted by molar-refractivity contribution is 7.98. The van der Waals surface area contributed by atoms with Crippen molar-refractivity contribution in [1.29, 1.82) is 0 Å². The van der Waals surface area contributed by atoms with Crippen molar-refractivity contribution >= 4 is 39.2 Å². The minimum atomic E-state index is -0.274. The number of pyridine rings is 1. The molecule has 1 N–H and O–H groups in total. The van der Waals surface area contributed by atoms with Gasteiger partial charge in [-0.1, -0.05) is 37.1 Å². The monoisotopic (exact) mass is 549 g/mol. The highest BCUT2D eigenvalue weighted by Crippen LogP contribution is 2.37. The van der Waals surface area contributed by atoms with Gasteiger partial charge in [0.25, 0.3) is 11.5 Å². The standard InChI is InChI=1S/C28H31N5O3S2/c34-25(30-15-13-18-8-6-7-14-29-18)21-16-36-23(31-21)17-37-28-32-26-24(20-11-4-5-12-22(20)38-26)27(35)33(28)19-9-2-1-3-10-19/h6-8,14,16,19H,1-5,9-13,15,17H2,(H,30,34). The second-order valence-electron chi connectivity index (χ2n) is 9.99. The number of carbonyl (C=O) groups excluding carboxylic acids is 1. The quantitative estimate of drug-likeness (QED) is 0.229. The molecule has 1 amide bonds. The van der Waals surface area contributed by atoms with Crippen LogP contribution in [-0.2, 0) is 25.0 Å². The topological polar surface area (TPSA) is 103 Å². The minimum Gasteiger partial charge on any atom is -0.447 e. The molecule has 8 nitrogen and oxygen atoms in total. The molecule has 0 spiro atoms. The lowest BCUT2D eigenvalue weighted by molar-refractivity contribution is 0.0949.